The summed E-state index contributed by atoms with van der Waals surface area (Å²) in [5, 5.41) is 3.45. The number of anilines is 1. The highest BCUT2D eigenvalue weighted by molar-refractivity contribution is 6.14. The zero-order valence-corrected chi connectivity index (χ0v) is 11.3. The number of rotatable bonds is 3. The van der Waals surface area contributed by atoms with Gasteiger partial charge in [0.1, 0.15) is 5.58 Å². The Labute approximate surface area is 120 Å². The Hall–Kier alpha value is -2.95. The van der Waals surface area contributed by atoms with Gasteiger partial charge in [-0.15, -0.1) is 0 Å². The molecule has 0 bridgehead atoms. The van der Waals surface area contributed by atoms with E-state index in [0.29, 0.717) is 22.2 Å². The van der Waals surface area contributed by atoms with Crippen molar-refractivity contribution < 1.29 is 14.0 Å². The number of carbonyl (C=O) groups is 2. The van der Waals surface area contributed by atoms with Gasteiger partial charge in [0.05, 0.1) is 5.69 Å². The maximum Gasteiger partial charge on any atom is 0.255 e. The summed E-state index contributed by atoms with van der Waals surface area (Å²) < 4.78 is 5.52. The van der Waals surface area contributed by atoms with Crippen molar-refractivity contribution in [3.63, 3.8) is 0 Å². The van der Waals surface area contributed by atoms with Crippen LogP contribution in [-0.4, -0.2) is 16.7 Å². The van der Waals surface area contributed by atoms with E-state index in [1.165, 1.54) is 19.3 Å². The van der Waals surface area contributed by atoms with Crippen molar-refractivity contribution in [2.75, 3.05) is 5.32 Å². The van der Waals surface area contributed by atoms with Crippen LogP contribution in [0.5, 0.6) is 0 Å². The molecule has 0 aliphatic carbocycles. The number of pyridine rings is 1. The van der Waals surface area contributed by atoms with Gasteiger partial charge in [0.15, 0.2) is 11.5 Å². The fourth-order valence-corrected chi connectivity index (χ4v) is 2.11. The number of fused-ring (bicyclic) bond motifs is 1. The summed E-state index contributed by atoms with van der Waals surface area (Å²) in [4.78, 5) is 27.8. The highest BCUT2D eigenvalue weighted by atomic mass is 16.3. The van der Waals surface area contributed by atoms with E-state index in [9.17, 15) is 9.59 Å². The summed E-state index contributed by atoms with van der Waals surface area (Å²) in [7, 11) is 0. The lowest BCUT2D eigenvalue weighted by Gasteiger charge is -2.04. The number of hydrogen-bond acceptors (Lipinski definition) is 4. The van der Waals surface area contributed by atoms with Crippen LogP contribution < -0.4 is 5.32 Å². The molecule has 0 spiro atoms. The molecule has 1 aromatic carbocycles. The first-order valence-electron chi connectivity index (χ1n) is 6.40. The summed E-state index contributed by atoms with van der Waals surface area (Å²) in [6.45, 7) is 1.40. The molecular weight excluding hydrogens is 268 g/mol. The lowest BCUT2D eigenvalue weighted by Crippen LogP contribution is -2.13. The molecule has 1 amide bonds. The Morgan fingerprint density at radius 2 is 1.81 bits per heavy atom. The smallest absolute Gasteiger partial charge is 0.255 e. The Morgan fingerprint density at radius 1 is 1.10 bits per heavy atom. The molecule has 0 saturated heterocycles. The SMILES string of the molecule is CC(=O)c1oc2ccccc2c1NC(=O)c1ccncc1. The van der Waals surface area contributed by atoms with Gasteiger partial charge in [-0.3, -0.25) is 14.6 Å². The van der Waals surface area contributed by atoms with E-state index in [-0.39, 0.29) is 17.5 Å². The summed E-state index contributed by atoms with van der Waals surface area (Å²) in [5.74, 6) is -0.402. The molecule has 0 fully saturated rings. The Balaban J connectivity index is 2.05. The number of hydrogen-bond donors (Lipinski definition) is 1. The monoisotopic (exact) mass is 280 g/mol. The normalized spacial score (nSPS) is 10.5. The molecule has 21 heavy (non-hydrogen) atoms. The number of para-hydroxylation sites is 1. The fourth-order valence-electron chi connectivity index (χ4n) is 2.11. The molecule has 5 nitrogen and oxygen atoms in total. The average Bonchev–Trinajstić information content (AvgIpc) is 2.87. The molecule has 2 aromatic heterocycles. The largest absolute Gasteiger partial charge is 0.451 e. The van der Waals surface area contributed by atoms with E-state index in [0.717, 1.165) is 0 Å². The fraction of sp³-hybridized carbons (Fsp3) is 0.0625. The molecule has 104 valence electrons. The van der Waals surface area contributed by atoms with Crippen LogP contribution >= 0.6 is 0 Å². The minimum absolute atomic E-state index is 0.151. The second kappa shape index (κ2) is 5.20. The standard InChI is InChI=1S/C16H12N2O3/c1-10(19)15-14(12-4-2-3-5-13(12)21-15)18-16(20)11-6-8-17-9-7-11/h2-9H,1H3,(H,18,20). The molecule has 0 atom stereocenters. The average molecular weight is 280 g/mol. The Morgan fingerprint density at radius 3 is 2.52 bits per heavy atom. The number of benzene rings is 1. The van der Waals surface area contributed by atoms with Crippen molar-refractivity contribution in [1.29, 1.82) is 0 Å². The van der Waals surface area contributed by atoms with Gasteiger partial charge >= 0.3 is 0 Å². The number of amides is 1. The second-order valence-corrected chi connectivity index (χ2v) is 4.55. The topological polar surface area (TPSA) is 72.2 Å². The van der Waals surface area contributed by atoms with Crippen molar-refractivity contribution in [3.05, 3.63) is 60.1 Å². The number of nitrogens with one attached hydrogen (secondary N) is 1. The lowest BCUT2D eigenvalue weighted by molar-refractivity contribution is 0.0990. The number of carbonyl (C=O) groups excluding carboxylic acids is 2. The van der Waals surface area contributed by atoms with E-state index < -0.39 is 0 Å². The van der Waals surface area contributed by atoms with Gasteiger partial charge in [-0.25, -0.2) is 0 Å². The molecule has 1 N–H and O–H groups in total. The minimum Gasteiger partial charge on any atom is -0.451 e. The van der Waals surface area contributed by atoms with Crippen LogP contribution in [0.4, 0.5) is 5.69 Å². The van der Waals surface area contributed by atoms with Crippen LogP contribution in [0.2, 0.25) is 0 Å². The molecule has 0 unspecified atom stereocenters. The first-order chi connectivity index (χ1) is 10.2. The molecule has 0 aliphatic rings. The third-order valence-corrected chi connectivity index (χ3v) is 3.10. The van der Waals surface area contributed by atoms with E-state index in [4.69, 9.17) is 4.42 Å². The lowest BCUT2D eigenvalue weighted by atomic mass is 10.2. The second-order valence-electron chi connectivity index (χ2n) is 4.55. The van der Waals surface area contributed by atoms with Crippen molar-refractivity contribution in [1.82, 2.24) is 4.98 Å². The van der Waals surface area contributed by atoms with Crippen LogP contribution in [-0.2, 0) is 0 Å². The minimum atomic E-state index is -0.313. The van der Waals surface area contributed by atoms with Crippen molar-refractivity contribution in [2.24, 2.45) is 0 Å². The molecule has 3 aromatic rings. The molecule has 5 heteroatoms. The quantitative estimate of drug-likeness (QED) is 0.747. The molecule has 2 heterocycles. The zero-order valence-electron chi connectivity index (χ0n) is 11.3. The van der Waals surface area contributed by atoms with Crippen molar-refractivity contribution in [2.45, 2.75) is 6.92 Å². The number of aromatic nitrogens is 1. The molecule has 0 aliphatic heterocycles. The first-order valence-corrected chi connectivity index (χ1v) is 6.40. The van der Waals surface area contributed by atoms with Gasteiger partial charge in [0, 0.05) is 30.3 Å². The number of ketones is 1. The third kappa shape index (κ3) is 2.41. The Kier molecular flexibility index (Phi) is 3.23. The van der Waals surface area contributed by atoms with Crippen LogP contribution in [0.25, 0.3) is 11.0 Å². The molecule has 3 rings (SSSR count). The van der Waals surface area contributed by atoms with E-state index >= 15 is 0 Å². The first kappa shape index (κ1) is 13.1. The molecule has 0 radical (unpaired) electrons. The van der Waals surface area contributed by atoms with E-state index in [1.807, 2.05) is 12.1 Å². The summed E-state index contributed by atoms with van der Waals surface area (Å²) in [5.41, 5.74) is 1.43. The summed E-state index contributed by atoms with van der Waals surface area (Å²) in [6, 6.07) is 10.4. The number of Topliss-reactive ketones (excluding diaryl/α,β-unsaturated/α-hetero) is 1. The molecular formula is C16H12N2O3. The van der Waals surface area contributed by atoms with Crippen molar-refractivity contribution >= 4 is 28.3 Å². The van der Waals surface area contributed by atoms with Gasteiger partial charge < -0.3 is 9.73 Å². The maximum absolute atomic E-state index is 12.2. The van der Waals surface area contributed by atoms with Crippen LogP contribution in [0.15, 0.2) is 53.2 Å². The maximum atomic E-state index is 12.2. The van der Waals surface area contributed by atoms with E-state index in [2.05, 4.69) is 10.3 Å². The van der Waals surface area contributed by atoms with Gasteiger partial charge in [-0.1, -0.05) is 12.1 Å². The van der Waals surface area contributed by atoms with Gasteiger partial charge in [0.2, 0.25) is 0 Å². The van der Waals surface area contributed by atoms with Crippen LogP contribution in [0, 0.1) is 0 Å². The summed E-state index contributed by atoms with van der Waals surface area (Å²) in [6.07, 6.45) is 3.07. The third-order valence-electron chi connectivity index (χ3n) is 3.10. The van der Waals surface area contributed by atoms with Gasteiger partial charge in [-0.05, 0) is 24.3 Å². The van der Waals surface area contributed by atoms with Gasteiger partial charge in [-0.2, -0.15) is 0 Å². The number of nitrogens with zero attached hydrogens (tertiary/aromatic N) is 1. The number of furan rings is 1. The highest BCUT2D eigenvalue weighted by Crippen LogP contribution is 2.31. The predicted octanol–water partition coefficient (Wildman–Crippen LogP) is 3.28. The van der Waals surface area contributed by atoms with Crippen LogP contribution in [0.1, 0.15) is 27.8 Å². The van der Waals surface area contributed by atoms with Crippen LogP contribution in [0.3, 0.4) is 0 Å². The highest BCUT2D eigenvalue weighted by Gasteiger charge is 2.19. The predicted molar refractivity (Wildman–Crippen MR) is 78.4 cm³/mol. The van der Waals surface area contributed by atoms with E-state index in [1.54, 1.807) is 24.3 Å². The van der Waals surface area contributed by atoms with Gasteiger partial charge in [0.25, 0.3) is 5.91 Å². The zero-order chi connectivity index (χ0) is 14.8. The summed E-state index contributed by atoms with van der Waals surface area (Å²) >= 11 is 0. The molecule has 0 saturated carbocycles. The van der Waals surface area contributed by atoms with Crippen molar-refractivity contribution in [3.8, 4) is 0 Å². The Bertz CT molecular complexity index is 822.